The quantitative estimate of drug-likeness (QED) is 0.792. The van der Waals surface area contributed by atoms with Gasteiger partial charge in [-0.05, 0) is 18.2 Å². The van der Waals surface area contributed by atoms with Crippen molar-refractivity contribution in [3.05, 3.63) is 23.8 Å². The summed E-state index contributed by atoms with van der Waals surface area (Å²) >= 11 is 0. The van der Waals surface area contributed by atoms with Crippen molar-refractivity contribution in [2.24, 2.45) is 0 Å². The number of fused-ring (bicyclic) bond motifs is 3. The van der Waals surface area contributed by atoms with Crippen LogP contribution >= 0.6 is 0 Å². The highest BCUT2D eigenvalue weighted by molar-refractivity contribution is 7.85. The summed E-state index contributed by atoms with van der Waals surface area (Å²) in [6, 6.07) is 2.74. The Balaban J connectivity index is 2.02. The van der Waals surface area contributed by atoms with Crippen molar-refractivity contribution < 1.29 is 22.2 Å². The summed E-state index contributed by atoms with van der Waals surface area (Å²) in [5.41, 5.74) is -0.0800. The molecule has 0 bridgehead atoms. The molecule has 1 aromatic rings. The number of halogens is 3. The summed E-state index contributed by atoms with van der Waals surface area (Å²) in [4.78, 5) is 13.7. The van der Waals surface area contributed by atoms with Gasteiger partial charge in [-0.1, -0.05) is 0 Å². The van der Waals surface area contributed by atoms with Crippen LogP contribution in [0.4, 0.5) is 24.5 Å². The maximum Gasteiger partial charge on any atom is 0.416 e. The number of alkyl halides is 3. The molecule has 2 aliphatic rings. The van der Waals surface area contributed by atoms with E-state index < -0.39 is 34.5 Å². The van der Waals surface area contributed by atoms with Crippen LogP contribution in [0.15, 0.2) is 18.2 Å². The van der Waals surface area contributed by atoms with Crippen molar-refractivity contribution in [3.63, 3.8) is 0 Å². The van der Waals surface area contributed by atoms with Gasteiger partial charge in [0.25, 0.3) is 0 Å². The van der Waals surface area contributed by atoms with E-state index in [1.165, 1.54) is 6.07 Å². The predicted octanol–water partition coefficient (Wildman–Crippen LogP) is 1.59. The molecule has 2 unspecified atom stereocenters. The Kier molecular flexibility index (Phi) is 3.00. The number of hydrogen-bond donors (Lipinski definition) is 1. The first-order chi connectivity index (χ1) is 9.36. The number of hydrogen-bond acceptors (Lipinski definition) is 3. The predicted molar refractivity (Wildman–Crippen MR) is 69.1 cm³/mol. The molecular weight excluding hydrogens is 293 g/mol. The molecular formula is C12H11F3N2O2S. The number of amides is 1. The fourth-order valence-electron chi connectivity index (χ4n) is 2.49. The lowest BCUT2D eigenvalue weighted by Gasteiger charge is -2.40. The van der Waals surface area contributed by atoms with Gasteiger partial charge in [-0.25, -0.2) is 0 Å². The molecule has 1 aromatic carbocycles. The third-order valence-electron chi connectivity index (χ3n) is 3.47. The Morgan fingerprint density at radius 1 is 1.35 bits per heavy atom. The van der Waals surface area contributed by atoms with Crippen molar-refractivity contribution >= 4 is 28.1 Å². The van der Waals surface area contributed by atoms with Crippen LogP contribution in [0.2, 0.25) is 0 Å². The Bertz CT molecular complexity index is 603. The van der Waals surface area contributed by atoms with Crippen molar-refractivity contribution in [1.29, 1.82) is 0 Å². The fourth-order valence-corrected chi connectivity index (χ4v) is 3.74. The van der Waals surface area contributed by atoms with Crippen LogP contribution < -0.4 is 10.2 Å². The van der Waals surface area contributed by atoms with Gasteiger partial charge in [0.15, 0.2) is 0 Å². The highest BCUT2D eigenvalue weighted by Gasteiger charge is 2.39. The Labute approximate surface area is 115 Å². The molecule has 1 saturated heterocycles. The number of carbonyl (C=O) groups excluding carboxylic acids is 1. The Hall–Kier alpha value is -1.57. The average Bonchev–Trinajstić information content (AvgIpc) is 2.37. The molecule has 8 heteroatoms. The molecule has 20 heavy (non-hydrogen) atoms. The second-order valence-corrected chi connectivity index (χ2v) is 6.36. The Morgan fingerprint density at radius 3 is 2.80 bits per heavy atom. The smallest absolute Gasteiger partial charge is 0.356 e. The lowest BCUT2D eigenvalue weighted by molar-refractivity contribution is -0.137. The van der Waals surface area contributed by atoms with Gasteiger partial charge in [0.05, 0.1) is 22.7 Å². The minimum absolute atomic E-state index is 0.161. The molecule has 4 nitrogen and oxygen atoms in total. The fraction of sp³-hybridized carbons (Fsp3) is 0.417. The number of carbonyl (C=O) groups is 1. The van der Waals surface area contributed by atoms with Crippen molar-refractivity contribution in [1.82, 2.24) is 0 Å². The summed E-state index contributed by atoms with van der Waals surface area (Å²) < 4.78 is 49.5. The molecule has 0 aliphatic carbocycles. The van der Waals surface area contributed by atoms with Crippen molar-refractivity contribution in [2.45, 2.75) is 12.2 Å². The van der Waals surface area contributed by atoms with E-state index >= 15 is 0 Å². The van der Waals surface area contributed by atoms with E-state index in [2.05, 4.69) is 5.32 Å². The molecule has 0 radical (unpaired) electrons. The molecule has 0 saturated carbocycles. The summed E-state index contributed by atoms with van der Waals surface area (Å²) in [6.07, 6.45) is -4.44. The normalized spacial score (nSPS) is 25.8. The van der Waals surface area contributed by atoms with E-state index in [1.807, 2.05) is 0 Å². The lowest BCUT2D eigenvalue weighted by Crippen LogP contribution is -2.55. The van der Waals surface area contributed by atoms with E-state index in [0.717, 1.165) is 12.1 Å². The highest BCUT2D eigenvalue weighted by atomic mass is 32.2. The third-order valence-corrected chi connectivity index (χ3v) is 4.80. The number of rotatable bonds is 0. The maximum atomic E-state index is 12.7. The number of nitrogens with one attached hydrogen (secondary N) is 1. The van der Waals surface area contributed by atoms with Gasteiger partial charge in [-0.3, -0.25) is 9.00 Å². The topological polar surface area (TPSA) is 49.4 Å². The first-order valence-electron chi connectivity index (χ1n) is 6.00. The first kappa shape index (κ1) is 13.4. The average molecular weight is 304 g/mol. The molecule has 2 heterocycles. The van der Waals surface area contributed by atoms with Crippen molar-refractivity contribution in [2.75, 3.05) is 28.3 Å². The maximum absolute atomic E-state index is 12.7. The standard InChI is InChI=1S/C12H11F3N2O2S/c13-12(14,15)7-1-2-9-8(5-7)16-11(18)10-6-20(19)4-3-17(9)10/h1-2,5,10H,3-4,6H2,(H,16,18). The summed E-state index contributed by atoms with van der Waals surface area (Å²) in [5.74, 6) is 0.237. The SMILES string of the molecule is O=C1Nc2cc(C(F)(F)F)ccc2N2CCS(=O)CC12. The zero-order valence-corrected chi connectivity index (χ0v) is 11.1. The first-order valence-corrected chi connectivity index (χ1v) is 7.49. The number of benzene rings is 1. The zero-order valence-electron chi connectivity index (χ0n) is 10.2. The van der Waals surface area contributed by atoms with Gasteiger partial charge in [0.1, 0.15) is 6.04 Å². The molecule has 1 N–H and O–H groups in total. The van der Waals surface area contributed by atoms with Gasteiger partial charge in [-0.15, -0.1) is 0 Å². The number of anilines is 2. The van der Waals surface area contributed by atoms with Gasteiger partial charge in [0, 0.05) is 23.1 Å². The van der Waals surface area contributed by atoms with Crippen LogP contribution in [0.25, 0.3) is 0 Å². The summed E-state index contributed by atoms with van der Waals surface area (Å²) in [6.45, 7) is 0.406. The Morgan fingerprint density at radius 2 is 2.10 bits per heavy atom. The van der Waals surface area contributed by atoms with E-state index in [-0.39, 0.29) is 11.4 Å². The van der Waals surface area contributed by atoms with E-state index in [9.17, 15) is 22.2 Å². The van der Waals surface area contributed by atoms with Gasteiger partial charge in [0.2, 0.25) is 5.91 Å². The van der Waals surface area contributed by atoms with E-state index in [0.29, 0.717) is 18.0 Å². The zero-order chi connectivity index (χ0) is 14.5. The second kappa shape index (κ2) is 4.47. The van der Waals surface area contributed by atoms with E-state index in [1.54, 1.807) is 4.90 Å². The largest absolute Gasteiger partial charge is 0.416 e. The number of nitrogens with zero attached hydrogens (tertiary/aromatic N) is 1. The van der Waals surface area contributed by atoms with Crippen LogP contribution in [0.3, 0.4) is 0 Å². The van der Waals surface area contributed by atoms with Gasteiger partial charge >= 0.3 is 6.18 Å². The van der Waals surface area contributed by atoms with Gasteiger partial charge < -0.3 is 10.2 Å². The molecule has 2 atom stereocenters. The molecule has 1 amide bonds. The second-order valence-electron chi connectivity index (χ2n) is 4.74. The monoisotopic (exact) mass is 304 g/mol. The summed E-state index contributed by atoms with van der Waals surface area (Å²) in [7, 11) is -1.06. The van der Waals surface area contributed by atoms with Gasteiger partial charge in [-0.2, -0.15) is 13.2 Å². The molecule has 3 rings (SSSR count). The van der Waals surface area contributed by atoms with Crippen LogP contribution in [0, 0.1) is 0 Å². The van der Waals surface area contributed by atoms with E-state index in [4.69, 9.17) is 0 Å². The van der Waals surface area contributed by atoms with Crippen LogP contribution in [0.1, 0.15) is 5.56 Å². The minimum atomic E-state index is -4.44. The molecule has 0 spiro atoms. The van der Waals surface area contributed by atoms with Crippen LogP contribution in [0.5, 0.6) is 0 Å². The lowest BCUT2D eigenvalue weighted by atomic mass is 10.1. The molecule has 1 fully saturated rings. The third kappa shape index (κ3) is 2.17. The molecule has 108 valence electrons. The molecule has 2 aliphatic heterocycles. The molecule has 0 aromatic heterocycles. The highest BCUT2D eigenvalue weighted by Crippen LogP contribution is 2.38. The van der Waals surface area contributed by atoms with Crippen molar-refractivity contribution in [3.8, 4) is 0 Å². The minimum Gasteiger partial charge on any atom is -0.356 e. The van der Waals surface area contributed by atoms with Crippen LogP contribution in [-0.4, -0.2) is 34.2 Å². The summed E-state index contributed by atoms with van der Waals surface area (Å²) in [5, 5.41) is 2.48. The van der Waals surface area contributed by atoms with Crippen LogP contribution in [-0.2, 0) is 21.8 Å².